The molecule has 0 radical (unpaired) electrons. The van der Waals surface area contributed by atoms with E-state index in [2.05, 4.69) is 36.1 Å². The molecule has 1 aliphatic rings. The van der Waals surface area contributed by atoms with Gasteiger partial charge in [-0.1, -0.05) is 18.2 Å². The van der Waals surface area contributed by atoms with Gasteiger partial charge in [-0.3, -0.25) is 0 Å². The Labute approximate surface area is 136 Å². The van der Waals surface area contributed by atoms with Crippen LogP contribution in [-0.2, 0) is 16.4 Å². The summed E-state index contributed by atoms with van der Waals surface area (Å²) in [6.45, 7) is 3.53. The molecule has 1 aliphatic heterocycles. The summed E-state index contributed by atoms with van der Waals surface area (Å²) in [6.07, 6.45) is 1.05. The van der Waals surface area contributed by atoms with Gasteiger partial charge in [-0.15, -0.1) is 0 Å². The van der Waals surface area contributed by atoms with Gasteiger partial charge in [-0.2, -0.15) is 0 Å². The molecular formula is C17H20N2O3S. The van der Waals surface area contributed by atoms with Crippen LogP contribution in [0, 0.1) is 0 Å². The van der Waals surface area contributed by atoms with Crippen molar-refractivity contribution in [2.75, 3.05) is 18.1 Å². The van der Waals surface area contributed by atoms with E-state index < -0.39 is 10.0 Å². The van der Waals surface area contributed by atoms with Crippen molar-refractivity contribution in [1.29, 1.82) is 0 Å². The van der Waals surface area contributed by atoms with E-state index in [4.69, 9.17) is 9.88 Å². The molecule has 5 nitrogen and oxygen atoms in total. The van der Waals surface area contributed by atoms with E-state index in [9.17, 15) is 8.42 Å². The van der Waals surface area contributed by atoms with Crippen molar-refractivity contribution in [3.63, 3.8) is 0 Å². The monoisotopic (exact) mass is 332 g/mol. The Balaban J connectivity index is 1.60. The molecular weight excluding hydrogens is 312 g/mol. The van der Waals surface area contributed by atoms with Gasteiger partial charge in [0.1, 0.15) is 12.4 Å². The maximum absolute atomic E-state index is 11.2. The van der Waals surface area contributed by atoms with Crippen LogP contribution in [0.15, 0.2) is 53.4 Å². The van der Waals surface area contributed by atoms with Crippen molar-refractivity contribution >= 4 is 15.7 Å². The third-order valence-electron chi connectivity index (χ3n) is 4.10. The summed E-state index contributed by atoms with van der Waals surface area (Å²) in [5, 5.41) is 5.07. The van der Waals surface area contributed by atoms with E-state index in [1.54, 1.807) is 12.1 Å². The molecule has 1 heterocycles. The Morgan fingerprint density at radius 1 is 1.17 bits per heavy atom. The number of primary sulfonamides is 1. The van der Waals surface area contributed by atoms with E-state index in [1.807, 2.05) is 0 Å². The Kier molecular flexibility index (Phi) is 4.28. The first-order chi connectivity index (χ1) is 10.9. The summed E-state index contributed by atoms with van der Waals surface area (Å²) in [5.41, 5.74) is 2.64. The smallest absolute Gasteiger partial charge is 0.238 e. The fourth-order valence-corrected chi connectivity index (χ4v) is 3.47. The van der Waals surface area contributed by atoms with Gasteiger partial charge in [0.2, 0.25) is 10.0 Å². The van der Waals surface area contributed by atoms with Crippen LogP contribution in [0.3, 0.4) is 0 Å². The number of nitrogens with two attached hydrogens (primary N) is 1. The average molecular weight is 332 g/mol. The highest BCUT2D eigenvalue weighted by molar-refractivity contribution is 7.89. The summed E-state index contributed by atoms with van der Waals surface area (Å²) >= 11 is 0. The highest BCUT2D eigenvalue weighted by Crippen LogP contribution is 2.31. The predicted molar refractivity (Wildman–Crippen MR) is 90.3 cm³/mol. The van der Waals surface area contributed by atoms with Crippen LogP contribution in [0.1, 0.15) is 12.5 Å². The van der Waals surface area contributed by atoms with Gasteiger partial charge in [0.15, 0.2) is 0 Å². The number of rotatable bonds is 5. The first-order valence-corrected chi connectivity index (χ1v) is 9.10. The highest BCUT2D eigenvalue weighted by atomic mass is 32.2. The van der Waals surface area contributed by atoms with Crippen LogP contribution < -0.4 is 14.8 Å². The van der Waals surface area contributed by atoms with Crippen molar-refractivity contribution in [2.45, 2.75) is 24.3 Å². The lowest BCUT2D eigenvalue weighted by molar-refractivity contribution is 0.321. The van der Waals surface area contributed by atoms with Gasteiger partial charge < -0.3 is 9.64 Å². The van der Waals surface area contributed by atoms with Crippen LogP contribution in [0.5, 0.6) is 5.75 Å². The second-order valence-electron chi connectivity index (χ2n) is 5.74. The first-order valence-electron chi connectivity index (χ1n) is 7.55. The van der Waals surface area contributed by atoms with Crippen LogP contribution in [-0.4, -0.2) is 27.6 Å². The molecule has 2 aromatic rings. The number of nitrogens with zero attached hydrogens (tertiary/aromatic N) is 1. The van der Waals surface area contributed by atoms with E-state index in [0.29, 0.717) is 18.4 Å². The summed E-state index contributed by atoms with van der Waals surface area (Å²) in [6, 6.07) is 15.0. The third-order valence-corrected chi connectivity index (χ3v) is 5.03. The number of anilines is 1. The lowest BCUT2D eigenvalue weighted by Gasteiger charge is -2.24. The summed E-state index contributed by atoms with van der Waals surface area (Å²) in [7, 11) is -3.66. The molecule has 1 unspecified atom stereocenters. The van der Waals surface area contributed by atoms with Gasteiger partial charge >= 0.3 is 0 Å². The Morgan fingerprint density at radius 2 is 1.87 bits per heavy atom. The van der Waals surface area contributed by atoms with Crippen LogP contribution in [0.4, 0.5) is 5.69 Å². The molecule has 122 valence electrons. The molecule has 0 amide bonds. The van der Waals surface area contributed by atoms with Gasteiger partial charge in [0, 0.05) is 11.7 Å². The molecule has 0 aromatic heterocycles. The molecule has 23 heavy (non-hydrogen) atoms. The maximum atomic E-state index is 11.2. The summed E-state index contributed by atoms with van der Waals surface area (Å²) < 4.78 is 28.2. The van der Waals surface area contributed by atoms with Gasteiger partial charge in [0.25, 0.3) is 0 Å². The first kappa shape index (κ1) is 15.8. The zero-order valence-corrected chi connectivity index (χ0v) is 13.8. The minimum absolute atomic E-state index is 0.0898. The third kappa shape index (κ3) is 3.48. The second-order valence-corrected chi connectivity index (χ2v) is 7.30. The van der Waals surface area contributed by atoms with Crippen molar-refractivity contribution < 1.29 is 13.2 Å². The molecule has 0 spiro atoms. The minimum Gasteiger partial charge on any atom is -0.492 e. The van der Waals surface area contributed by atoms with E-state index >= 15 is 0 Å². The molecule has 0 aliphatic carbocycles. The Bertz CT molecular complexity index is 788. The average Bonchev–Trinajstić information content (AvgIpc) is 2.83. The normalized spacial score (nSPS) is 17.1. The molecule has 0 fully saturated rings. The number of fused-ring (bicyclic) bond motifs is 1. The second kappa shape index (κ2) is 6.22. The fourth-order valence-electron chi connectivity index (χ4n) is 2.96. The zero-order chi connectivity index (χ0) is 16.4. The molecule has 2 aromatic carbocycles. The molecule has 3 rings (SSSR count). The topological polar surface area (TPSA) is 72.6 Å². The predicted octanol–water partition coefficient (Wildman–Crippen LogP) is 2.16. The molecule has 0 saturated carbocycles. The Morgan fingerprint density at radius 3 is 2.57 bits per heavy atom. The fraction of sp³-hybridized carbons (Fsp3) is 0.294. The molecule has 2 N–H and O–H groups in total. The molecule has 0 saturated heterocycles. The van der Waals surface area contributed by atoms with Crippen LogP contribution in [0.2, 0.25) is 0 Å². The van der Waals surface area contributed by atoms with Crippen LogP contribution in [0.25, 0.3) is 0 Å². The summed E-state index contributed by atoms with van der Waals surface area (Å²) in [5.74, 6) is 0.637. The van der Waals surface area contributed by atoms with E-state index in [0.717, 1.165) is 13.0 Å². The summed E-state index contributed by atoms with van der Waals surface area (Å²) in [4.78, 5) is 2.43. The minimum atomic E-state index is -3.66. The van der Waals surface area contributed by atoms with Gasteiger partial charge in [-0.25, -0.2) is 13.6 Å². The molecule has 0 bridgehead atoms. The van der Waals surface area contributed by atoms with Crippen LogP contribution >= 0.6 is 0 Å². The quantitative estimate of drug-likeness (QED) is 0.911. The van der Waals surface area contributed by atoms with E-state index in [-0.39, 0.29) is 4.90 Å². The Hall–Kier alpha value is -2.05. The van der Waals surface area contributed by atoms with E-state index in [1.165, 1.54) is 23.4 Å². The highest BCUT2D eigenvalue weighted by Gasteiger charge is 2.24. The van der Waals surface area contributed by atoms with Crippen molar-refractivity contribution in [2.24, 2.45) is 5.14 Å². The lowest BCUT2D eigenvalue weighted by atomic mass is 10.1. The van der Waals surface area contributed by atoms with Crippen molar-refractivity contribution in [3.05, 3.63) is 54.1 Å². The number of hydrogen-bond acceptors (Lipinski definition) is 4. The largest absolute Gasteiger partial charge is 0.492 e. The van der Waals surface area contributed by atoms with Gasteiger partial charge in [-0.05, 0) is 49.2 Å². The number of sulfonamides is 1. The molecule has 6 heteroatoms. The number of para-hydroxylation sites is 1. The number of benzene rings is 2. The standard InChI is InChI=1S/C17H20N2O3S/c1-13-12-14-4-2-3-5-17(14)19(13)10-11-22-15-6-8-16(9-7-15)23(18,20)21/h2-9,13H,10-12H2,1H3,(H2,18,20,21). The van der Waals surface area contributed by atoms with Crippen molar-refractivity contribution in [1.82, 2.24) is 0 Å². The number of hydrogen-bond donors (Lipinski definition) is 1. The SMILES string of the molecule is CC1Cc2ccccc2N1CCOc1ccc(S(N)(=O)=O)cc1. The van der Waals surface area contributed by atoms with Crippen molar-refractivity contribution in [3.8, 4) is 5.75 Å². The lowest BCUT2D eigenvalue weighted by Crippen LogP contribution is -2.33. The maximum Gasteiger partial charge on any atom is 0.238 e. The van der Waals surface area contributed by atoms with Gasteiger partial charge in [0.05, 0.1) is 11.4 Å². The molecule has 1 atom stereocenters. The zero-order valence-electron chi connectivity index (χ0n) is 13.0. The number of ether oxygens (including phenoxy) is 1.